The van der Waals surface area contributed by atoms with Crippen LogP contribution in [0.5, 0.6) is 0 Å². The second-order valence-electron chi connectivity index (χ2n) is 5.37. The highest BCUT2D eigenvalue weighted by atomic mass is 35.5. The molecule has 9 heteroatoms. The van der Waals surface area contributed by atoms with Gasteiger partial charge in [0.25, 0.3) is 11.3 Å². The molecule has 0 fully saturated rings. The van der Waals surface area contributed by atoms with Gasteiger partial charge in [-0.15, -0.1) is 0 Å². The molecule has 2 heterocycles. The average molecular weight is 347 g/mol. The lowest BCUT2D eigenvalue weighted by Crippen LogP contribution is -2.21. The van der Waals surface area contributed by atoms with Gasteiger partial charge in [-0.2, -0.15) is 9.50 Å². The molecule has 8 nitrogen and oxygen atoms in total. The maximum Gasteiger partial charge on any atom is 0.274 e. The standard InChI is InChI=1S/C15H15ClN6O2/c1-8-5-13(24)22-15(18-8)20-14(21-22)19-11(7-12(17)23)9-3-2-4-10(16)6-9/h2-6,11H,7H2,1H3,(H2,17,23)(H2,18,19,20,21). The fraction of sp³-hybridized carbons (Fsp3) is 0.200. The molecule has 0 aliphatic rings. The van der Waals surface area contributed by atoms with E-state index in [1.165, 1.54) is 10.6 Å². The number of nitrogens with two attached hydrogens (primary N) is 1. The molecule has 0 bridgehead atoms. The Hall–Kier alpha value is -2.87. The van der Waals surface area contributed by atoms with E-state index in [-0.39, 0.29) is 17.8 Å². The summed E-state index contributed by atoms with van der Waals surface area (Å²) in [6.45, 7) is 1.71. The highest BCUT2D eigenvalue weighted by Crippen LogP contribution is 2.23. The summed E-state index contributed by atoms with van der Waals surface area (Å²) in [5, 5.41) is 6.42. The third kappa shape index (κ3) is 3.38. The van der Waals surface area contributed by atoms with Crippen LogP contribution < -0.4 is 16.6 Å². The number of nitrogens with zero attached hydrogens (tertiary/aromatic N) is 3. The van der Waals surface area contributed by atoms with Crippen LogP contribution in [-0.4, -0.2) is 25.5 Å². The van der Waals surface area contributed by atoms with Crippen LogP contribution in [0, 0.1) is 6.92 Å². The molecule has 0 radical (unpaired) electrons. The molecule has 124 valence electrons. The zero-order valence-electron chi connectivity index (χ0n) is 12.8. The summed E-state index contributed by atoms with van der Waals surface area (Å²) in [6.07, 6.45) is 0.0404. The van der Waals surface area contributed by atoms with Crippen LogP contribution in [0.3, 0.4) is 0 Å². The number of primary amides is 1. The number of H-pyrrole nitrogens is 1. The molecule has 1 aromatic carbocycles. The zero-order valence-corrected chi connectivity index (χ0v) is 13.5. The molecule has 1 atom stereocenters. The largest absolute Gasteiger partial charge is 0.370 e. The number of rotatable bonds is 5. The summed E-state index contributed by atoms with van der Waals surface area (Å²) in [6, 6.07) is 8.02. The third-order valence-electron chi connectivity index (χ3n) is 3.43. The molecule has 24 heavy (non-hydrogen) atoms. The molecule has 1 unspecified atom stereocenters. The Balaban J connectivity index is 1.97. The van der Waals surface area contributed by atoms with Gasteiger partial charge in [-0.3, -0.25) is 14.7 Å². The second kappa shape index (κ2) is 6.32. The van der Waals surface area contributed by atoms with Gasteiger partial charge in [0.15, 0.2) is 0 Å². The summed E-state index contributed by atoms with van der Waals surface area (Å²) < 4.78 is 1.22. The maximum absolute atomic E-state index is 11.9. The van der Waals surface area contributed by atoms with Crippen molar-refractivity contribution in [2.24, 2.45) is 5.73 Å². The highest BCUT2D eigenvalue weighted by molar-refractivity contribution is 6.30. The molecule has 3 aromatic rings. The van der Waals surface area contributed by atoms with Crippen LogP contribution >= 0.6 is 11.6 Å². The van der Waals surface area contributed by atoms with E-state index in [9.17, 15) is 9.59 Å². The van der Waals surface area contributed by atoms with E-state index >= 15 is 0 Å². The van der Waals surface area contributed by atoms with Crippen LogP contribution in [0.1, 0.15) is 23.7 Å². The van der Waals surface area contributed by atoms with Crippen molar-refractivity contribution < 1.29 is 4.79 Å². The molecule has 0 saturated heterocycles. The van der Waals surface area contributed by atoms with Gasteiger partial charge in [-0.25, -0.2) is 4.98 Å². The van der Waals surface area contributed by atoms with Crippen molar-refractivity contribution in [3.8, 4) is 0 Å². The smallest absolute Gasteiger partial charge is 0.274 e. The number of hydrogen-bond donors (Lipinski definition) is 3. The third-order valence-corrected chi connectivity index (χ3v) is 3.66. The number of carbonyl (C=O) groups excluding carboxylic acids is 1. The first-order valence-corrected chi connectivity index (χ1v) is 7.57. The number of amides is 1. The maximum atomic E-state index is 11.9. The number of aromatic nitrogens is 4. The minimum atomic E-state index is -0.477. The second-order valence-corrected chi connectivity index (χ2v) is 5.80. The Morgan fingerprint density at radius 2 is 2.21 bits per heavy atom. The van der Waals surface area contributed by atoms with Gasteiger partial charge in [-0.05, 0) is 24.6 Å². The van der Waals surface area contributed by atoms with Crippen molar-refractivity contribution in [1.29, 1.82) is 0 Å². The lowest BCUT2D eigenvalue weighted by atomic mass is 10.0. The SMILES string of the molecule is Cc1cc(=O)n2[nH]c(NC(CC(N)=O)c3cccc(Cl)c3)nc2n1. The number of aryl methyl sites for hydroxylation is 1. The van der Waals surface area contributed by atoms with E-state index in [1.807, 2.05) is 6.07 Å². The van der Waals surface area contributed by atoms with Gasteiger partial charge < -0.3 is 11.1 Å². The number of carbonyl (C=O) groups is 1. The van der Waals surface area contributed by atoms with E-state index < -0.39 is 11.9 Å². The minimum Gasteiger partial charge on any atom is -0.370 e. The Kier molecular flexibility index (Phi) is 4.22. The van der Waals surface area contributed by atoms with Crippen molar-refractivity contribution in [1.82, 2.24) is 19.6 Å². The monoisotopic (exact) mass is 346 g/mol. The summed E-state index contributed by atoms with van der Waals surface area (Å²) in [5.74, 6) is 0.0672. The Morgan fingerprint density at radius 3 is 2.92 bits per heavy atom. The first-order chi connectivity index (χ1) is 11.4. The van der Waals surface area contributed by atoms with Gasteiger partial charge in [-0.1, -0.05) is 23.7 Å². The van der Waals surface area contributed by atoms with Crippen LogP contribution in [0.4, 0.5) is 5.95 Å². The molecule has 0 aliphatic heterocycles. The summed E-state index contributed by atoms with van der Waals surface area (Å²) >= 11 is 6.01. The molecule has 2 aromatic heterocycles. The molecule has 0 aliphatic carbocycles. The number of hydrogen-bond acceptors (Lipinski definition) is 5. The van der Waals surface area contributed by atoms with E-state index in [4.69, 9.17) is 17.3 Å². The average Bonchev–Trinajstić information content (AvgIpc) is 2.89. The number of nitrogens with one attached hydrogen (secondary N) is 2. The predicted octanol–water partition coefficient (Wildman–Crippen LogP) is 1.41. The van der Waals surface area contributed by atoms with Crippen molar-refractivity contribution in [3.63, 3.8) is 0 Å². The lowest BCUT2D eigenvalue weighted by Gasteiger charge is -2.17. The molecule has 1 amide bonds. The molecule has 0 spiro atoms. The van der Waals surface area contributed by atoms with Crippen LogP contribution in [0.2, 0.25) is 5.02 Å². The van der Waals surface area contributed by atoms with Gasteiger partial charge in [0, 0.05) is 16.8 Å². The molecule has 4 N–H and O–H groups in total. The van der Waals surface area contributed by atoms with Crippen LogP contribution in [-0.2, 0) is 4.79 Å². The van der Waals surface area contributed by atoms with Gasteiger partial charge >= 0.3 is 0 Å². The lowest BCUT2D eigenvalue weighted by molar-refractivity contribution is -0.118. The van der Waals surface area contributed by atoms with Gasteiger partial charge in [0.1, 0.15) is 0 Å². The fourth-order valence-corrected chi connectivity index (χ4v) is 2.60. The van der Waals surface area contributed by atoms with E-state index in [1.54, 1.807) is 25.1 Å². The van der Waals surface area contributed by atoms with Crippen molar-refractivity contribution in [2.75, 3.05) is 5.32 Å². The van der Waals surface area contributed by atoms with E-state index in [2.05, 4.69) is 20.4 Å². The number of fused-ring (bicyclic) bond motifs is 1. The predicted molar refractivity (Wildman–Crippen MR) is 90.0 cm³/mol. The first kappa shape index (κ1) is 16.0. The summed E-state index contributed by atoms with van der Waals surface area (Å²) in [7, 11) is 0. The van der Waals surface area contributed by atoms with Crippen LogP contribution in [0.15, 0.2) is 35.1 Å². The quantitative estimate of drug-likeness (QED) is 0.645. The minimum absolute atomic E-state index is 0.0404. The van der Waals surface area contributed by atoms with E-state index in [0.29, 0.717) is 16.7 Å². The van der Waals surface area contributed by atoms with E-state index in [0.717, 1.165) is 5.56 Å². The van der Waals surface area contributed by atoms with Crippen molar-refractivity contribution in [3.05, 3.63) is 57.0 Å². The molecule has 0 saturated carbocycles. The summed E-state index contributed by atoms with van der Waals surface area (Å²) in [4.78, 5) is 31.7. The Bertz CT molecular complexity index is 964. The zero-order chi connectivity index (χ0) is 17.3. The van der Waals surface area contributed by atoms with Crippen molar-refractivity contribution >= 4 is 29.2 Å². The highest BCUT2D eigenvalue weighted by Gasteiger charge is 2.17. The number of benzene rings is 1. The van der Waals surface area contributed by atoms with Crippen LogP contribution in [0.25, 0.3) is 5.78 Å². The normalized spacial score (nSPS) is 12.2. The number of aromatic amines is 1. The van der Waals surface area contributed by atoms with Gasteiger partial charge in [0.2, 0.25) is 11.9 Å². The molecule has 3 rings (SSSR count). The molecular weight excluding hydrogens is 332 g/mol. The molecular formula is C15H15ClN6O2. The Labute approximate surface area is 141 Å². The Morgan fingerprint density at radius 1 is 1.42 bits per heavy atom. The van der Waals surface area contributed by atoms with Gasteiger partial charge in [0.05, 0.1) is 12.5 Å². The number of anilines is 1. The first-order valence-electron chi connectivity index (χ1n) is 7.19. The number of halogens is 1. The fourth-order valence-electron chi connectivity index (χ4n) is 2.40. The van der Waals surface area contributed by atoms with Crippen molar-refractivity contribution in [2.45, 2.75) is 19.4 Å². The summed E-state index contributed by atoms with van der Waals surface area (Å²) in [5.41, 5.74) is 6.41. The topological polar surface area (TPSA) is 118 Å².